The van der Waals surface area contributed by atoms with Gasteiger partial charge in [-0.05, 0) is 0 Å². The summed E-state index contributed by atoms with van der Waals surface area (Å²) in [7, 11) is 1.58. The molecule has 0 spiro atoms. The highest BCUT2D eigenvalue weighted by molar-refractivity contribution is 5.38. The van der Waals surface area contributed by atoms with Gasteiger partial charge in [-0.15, -0.1) is 0 Å². The zero-order valence-electron chi connectivity index (χ0n) is 11.6. The zero-order valence-corrected chi connectivity index (χ0v) is 11.6. The second-order valence-electron chi connectivity index (χ2n) is 4.57. The van der Waals surface area contributed by atoms with Gasteiger partial charge in [0.25, 0.3) is 0 Å². The summed E-state index contributed by atoms with van der Waals surface area (Å²) in [5.41, 5.74) is 0. The van der Waals surface area contributed by atoms with E-state index in [2.05, 4.69) is 24.8 Å². The van der Waals surface area contributed by atoms with E-state index in [1.165, 1.54) is 12.4 Å². The average Bonchev–Trinajstić information content (AvgIpc) is 2.56. The van der Waals surface area contributed by atoms with Crippen molar-refractivity contribution in [3.63, 3.8) is 0 Å². The van der Waals surface area contributed by atoms with Crippen molar-refractivity contribution in [3.8, 4) is 5.88 Å². The highest BCUT2D eigenvalue weighted by Crippen LogP contribution is 2.16. The molecule has 1 saturated heterocycles. The fourth-order valence-corrected chi connectivity index (χ4v) is 2.17. The lowest BCUT2D eigenvalue weighted by Crippen LogP contribution is -2.47. The molecular weight excluding hydrogens is 275 g/mol. The molecule has 1 fully saturated rings. The van der Waals surface area contributed by atoms with Crippen LogP contribution in [-0.2, 0) is 0 Å². The van der Waals surface area contributed by atoms with Crippen LogP contribution in [0.15, 0.2) is 24.7 Å². The Morgan fingerprint density at radius 1 is 1.00 bits per heavy atom. The second-order valence-corrected chi connectivity index (χ2v) is 4.57. The number of anilines is 2. The third-order valence-corrected chi connectivity index (χ3v) is 3.28. The molecule has 1 aliphatic heterocycles. The number of hydrogen-bond acceptors (Lipinski definition) is 7. The van der Waals surface area contributed by atoms with E-state index in [1.807, 2.05) is 4.90 Å². The number of aromatic nitrogens is 4. The minimum Gasteiger partial charge on any atom is -0.481 e. The second kappa shape index (κ2) is 5.86. The summed E-state index contributed by atoms with van der Waals surface area (Å²) >= 11 is 0. The van der Waals surface area contributed by atoms with Gasteiger partial charge in [0.2, 0.25) is 17.8 Å². The lowest BCUT2D eigenvalue weighted by atomic mass is 10.3. The van der Waals surface area contributed by atoms with E-state index in [9.17, 15) is 4.39 Å². The van der Waals surface area contributed by atoms with E-state index in [4.69, 9.17) is 4.74 Å². The summed E-state index contributed by atoms with van der Waals surface area (Å²) in [5.74, 6) is 1.31. The van der Waals surface area contributed by atoms with Crippen molar-refractivity contribution in [1.82, 2.24) is 19.9 Å². The minimum absolute atomic E-state index is 0.429. The summed E-state index contributed by atoms with van der Waals surface area (Å²) in [4.78, 5) is 20.6. The Morgan fingerprint density at radius 3 is 2.24 bits per heavy atom. The van der Waals surface area contributed by atoms with Crippen molar-refractivity contribution in [2.45, 2.75) is 0 Å². The maximum Gasteiger partial charge on any atom is 0.228 e. The first-order chi connectivity index (χ1) is 10.3. The van der Waals surface area contributed by atoms with E-state index in [1.54, 1.807) is 19.4 Å². The van der Waals surface area contributed by atoms with Crippen LogP contribution >= 0.6 is 0 Å². The molecular formula is C13H15FN6O. The minimum atomic E-state index is -0.429. The van der Waals surface area contributed by atoms with Crippen LogP contribution in [0.4, 0.5) is 16.3 Å². The number of rotatable bonds is 3. The third kappa shape index (κ3) is 2.99. The average molecular weight is 290 g/mol. The van der Waals surface area contributed by atoms with Crippen molar-refractivity contribution < 1.29 is 9.13 Å². The SMILES string of the molecule is COc1ccnc(N2CCN(c3ncc(F)cn3)CC2)n1. The van der Waals surface area contributed by atoms with Crippen molar-refractivity contribution in [1.29, 1.82) is 0 Å². The number of hydrogen-bond donors (Lipinski definition) is 0. The quantitative estimate of drug-likeness (QED) is 0.826. The van der Waals surface area contributed by atoms with E-state index in [-0.39, 0.29) is 0 Å². The largest absolute Gasteiger partial charge is 0.481 e. The Balaban J connectivity index is 1.65. The number of nitrogens with zero attached hydrogens (tertiary/aromatic N) is 6. The van der Waals surface area contributed by atoms with Crippen molar-refractivity contribution in [2.75, 3.05) is 43.1 Å². The first-order valence-corrected chi connectivity index (χ1v) is 6.61. The first kappa shape index (κ1) is 13.5. The Labute approximate surface area is 121 Å². The van der Waals surface area contributed by atoms with Crippen LogP contribution in [0.1, 0.15) is 0 Å². The Kier molecular flexibility index (Phi) is 3.76. The number of methoxy groups -OCH3 is 1. The van der Waals surface area contributed by atoms with Gasteiger partial charge >= 0.3 is 0 Å². The van der Waals surface area contributed by atoms with Gasteiger partial charge in [0.1, 0.15) is 0 Å². The van der Waals surface area contributed by atoms with Gasteiger partial charge in [0.05, 0.1) is 19.5 Å². The molecule has 110 valence electrons. The third-order valence-electron chi connectivity index (χ3n) is 3.28. The molecule has 3 heterocycles. The standard InChI is InChI=1S/C13H15FN6O/c1-21-11-2-3-15-13(18-11)20-6-4-19(5-7-20)12-16-8-10(14)9-17-12/h2-3,8-9H,4-7H2,1H3. The summed E-state index contributed by atoms with van der Waals surface area (Å²) < 4.78 is 17.9. The molecule has 0 saturated carbocycles. The normalized spacial score (nSPS) is 15.1. The molecule has 0 atom stereocenters. The summed E-state index contributed by atoms with van der Waals surface area (Å²) in [6.45, 7) is 2.94. The van der Waals surface area contributed by atoms with Gasteiger partial charge in [0.15, 0.2) is 5.82 Å². The van der Waals surface area contributed by atoms with Gasteiger partial charge in [0, 0.05) is 38.4 Å². The number of halogens is 1. The van der Waals surface area contributed by atoms with Gasteiger partial charge in [-0.2, -0.15) is 4.98 Å². The maximum absolute atomic E-state index is 12.8. The lowest BCUT2D eigenvalue weighted by molar-refractivity contribution is 0.396. The van der Waals surface area contributed by atoms with E-state index < -0.39 is 5.82 Å². The van der Waals surface area contributed by atoms with Crippen molar-refractivity contribution in [3.05, 3.63) is 30.5 Å². The maximum atomic E-state index is 12.8. The van der Waals surface area contributed by atoms with E-state index in [0.717, 1.165) is 26.2 Å². The molecule has 0 bridgehead atoms. The van der Waals surface area contributed by atoms with Crippen LogP contribution in [0.5, 0.6) is 5.88 Å². The molecule has 1 aliphatic rings. The Hall–Kier alpha value is -2.51. The molecule has 0 aromatic carbocycles. The Morgan fingerprint density at radius 2 is 1.62 bits per heavy atom. The van der Waals surface area contributed by atoms with Gasteiger partial charge in [-0.25, -0.2) is 19.3 Å². The molecule has 7 nitrogen and oxygen atoms in total. The molecule has 21 heavy (non-hydrogen) atoms. The fraction of sp³-hybridized carbons (Fsp3) is 0.385. The molecule has 0 amide bonds. The van der Waals surface area contributed by atoms with Crippen molar-refractivity contribution >= 4 is 11.9 Å². The molecule has 0 N–H and O–H groups in total. The molecule has 2 aromatic heterocycles. The molecule has 0 radical (unpaired) electrons. The van der Waals surface area contributed by atoms with Crippen LogP contribution in [-0.4, -0.2) is 53.2 Å². The van der Waals surface area contributed by atoms with Crippen LogP contribution in [0.25, 0.3) is 0 Å². The predicted octanol–water partition coefficient (Wildman–Crippen LogP) is 0.741. The predicted molar refractivity (Wildman–Crippen MR) is 75.0 cm³/mol. The highest BCUT2D eigenvalue weighted by Gasteiger charge is 2.21. The molecule has 8 heteroatoms. The summed E-state index contributed by atoms with van der Waals surface area (Å²) in [6.07, 6.45) is 4.04. The topological polar surface area (TPSA) is 67.3 Å². The first-order valence-electron chi connectivity index (χ1n) is 6.61. The monoisotopic (exact) mass is 290 g/mol. The van der Waals surface area contributed by atoms with Gasteiger partial charge in [-0.1, -0.05) is 0 Å². The van der Waals surface area contributed by atoms with Crippen LogP contribution in [0, 0.1) is 5.82 Å². The van der Waals surface area contributed by atoms with Crippen LogP contribution < -0.4 is 14.5 Å². The zero-order chi connectivity index (χ0) is 14.7. The molecule has 2 aromatic rings. The molecule has 0 unspecified atom stereocenters. The van der Waals surface area contributed by atoms with Gasteiger partial charge in [-0.3, -0.25) is 0 Å². The number of piperazine rings is 1. The lowest BCUT2D eigenvalue weighted by Gasteiger charge is -2.34. The van der Waals surface area contributed by atoms with E-state index in [0.29, 0.717) is 17.8 Å². The fourth-order valence-electron chi connectivity index (χ4n) is 2.17. The summed E-state index contributed by atoms with van der Waals surface area (Å²) in [5, 5.41) is 0. The van der Waals surface area contributed by atoms with Gasteiger partial charge < -0.3 is 14.5 Å². The molecule has 3 rings (SSSR count). The Bertz CT molecular complexity index is 600. The van der Waals surface area contributed by atoms with E-state index >= 15 is 0 Å². The molecule has 0 aliphatic carbocycles. The van der Waals surface area contributed by atoms with Crippen LogP contribution in [0.2, 0.25) is 0 Å². The number of ether oxygens (including phenoxy) is 1. The smallest absolute Gasteiger partial charge is 0.228 e. The van der Waals surface area contributed by atoms with Crippen LogP contribution in [0.3, 0.4) is 0 Å². The van der Waals surface area contributed by atoms with Crippen molar-refractivity contribution in [2.24, 2.45) is 0 Å². The highest BCUT2D eigenvalue weighted by atomic mass is 19.1. The summed E-state index contributed by atoms with van der Waals surface area (Å²) in [6, 6.07) is 1.71.